The molecule has 1 aliphatic rings. The van der Waals surface area contributed by atoms with Gasteiger partial charge in [0.25, 0.3) is 11.2 Å². The molecule has 186 valence electrons. The molecule has 9 nitrogen and oxygen atoms in total. The molecule has 1 atom stereocenters. The maximum absolute atomic E-state index is 13.5. The number of hydrogen-bond donors (Lipinski definition) is 0. The van der Waals surface area contributed by atoms with E-state index in [0.717, 1.165) is 10.1 Å². The third-order valence-corrected chi connectivity index (χ3v) is 7.14. The van der Waals surface area contributed by atoms with Gasteiger partial charge in [0.05, 0.1) is 33.8 Å². The molecule has 0 unspecified atom stereocenters. The molecule has 0 saturated heterocycles. The summed E-state index contributed by atoms with van der Waals surface area (Å²) in [6.45, 7) is 6.77. The van der Waals surface area contributed by atoms with Crippen molar-refractivity contribution in [2.24, 2.45) is 14.1 Å². The van der Waals surface area contributed by atoms with E-state index in [9.17, 15) is 19.7 Å². The molecule has 0 fully saturated rings. The van der Waals surface area contributed by atoms with Gasteiger partial charge in [0.2, 0.25) is 0 Å². The molecule has 4 aromatic rings. The Balaban J connectivity index is 1.88. The third-order valence-electron chi connectivity index (χ3n) is 7.14. The van der Waals surface area contributed by atoms with E-state index in [1.165, 1.54) is 23.2 Å². The Morgan fingerprint density at radius 2 is 1.75 bits per heavy atom. The predicted octanol–water partition coefficient (Wildman–Crippen LogP) is 4.17. The van der Waals surface area contributed by atoms with E-state index in [-0.39, 0.29) is 5.69 Å². The van der Waals surface area contributed by atoms with Crippen LogP contribution in [0.3, 0.4) is 0 Å². The van der Waals surface area contributed by atoms with Crippen molar-refractivity contribution in [2.45, 2.75) is 39.3 Å². The zero-order valence-electron chi connectivity index (χ0n) is 20.9. The smallest absolute Gasteiger partial charge is 0.331 e. The van der Waals surface area contributed by atoms with Crippen LogP contribution in [0.15, 0.2) is 52.1 Å². The van der Waals surface area contributed by atoms with Crippen molar-refractivity contribution in [2.75, 3.05) is 6.61 Å². The van der Waals surface area contributed by atoms with Crippen LogP contribution in [0.4, 0.5) is 5.69 Å². The zero-order chi connectivity index (χ0) is 25.9. The third kappa shape index (κ3) is 3.50. The second-order valence-corrected chi connectivity index (χ2v) is 9.65. The summed E-state index contributed by atoms with van der Waals surface area (Å²) in [5, 5.41) is 12.0. The Hall–Kier alpha value is -3.98. The van der Waals surface area contributed by atoms with E-state index in [0.29, 0.717) is 52.5 Å². The minimum Gasteiger partial charge on any atom is -0.365 e. The number of benzene rings is 2. The molecule has 0 bridgehead atoms. The minimum atomic E-state index is -0.505. The maximum Gasteiger partial charge on any atom is 0.331 e. The minimum absolute atomic E-state index is 0.0225. The molecule has 0 saturated carbocycles. The van der Waals surface area contributed by atoms with Crippen LogP contribution >= 0.6 is 0 Å². The van der Waals surface area contributed by atoms with Gasteiger partial charge < -0.3 is 9.30 Å². The molecule has 3 heterocycles. The first-order chi connectivity index (χ1) is 17.1. The highest BCUT2D eigenvalue weighted by Crippen LogP contribution is 2.41. The lowest BCUT2D eigenvalue weighted by molar-refractivity contribution is -0.385. The maximum atomic E-state index is 13.5. The first kappa shape index (κ1) is 23.7. The number of aryl methyl sites for hydroxylation is 2. The normalized spacial score (nSPS) is 15.4. The van der Waals surface area contributed by atoms with Gasteiger partial charge in [0, 0.05) is 37.8 Å². The van der Waals surface area contributed by atoms with Crippen LogP contribution in [0.5, 0.6) is 0 Å². The fraction of sp³-hybridized carbons (Fsp3) is 0.333. The number of hydrogen-bond acceptors (Lipinski definition) is 5. The van der Waals surface area contributed by atoms with Gasteiger partial charge in [-0.3, -0.25) is 24.0 Å². The highest BCUT2D eigenvalue weighted by Gasteiger charge is 2.33. The summed E-state index contributed by atoms with van der Waals surface area (Å²) in [7, 11) is 3.08. The average molecular weight is 489 g/mol. The summed E-state index contributed by atoms with van der Waals surface area (Å²) >= 11 is 0. The van der Waals surface area contributed by atoms with Crippen molar-refractivity contribution in [3.05, 3.63) is 95.8 Å². The summed E-state index contributed by atoms with van der Waals surface area (Å²) in [4.78, 5) is 37.8. The van der Waals surface area contributed by atoms with Crippen LogP contribution in [0.2, 0.25) is 0 Å². The van der Waals surface area contributed by atoms with Crippen molar-refractivity contribution >= 4 is 16.6 Å². The molecule has 2 aromatic heterocycles. The SMILES string of the molecule is Cc1ccc(-c2c3c(=O)n(C)c(=O)n(C)c3c3n2CCO[C@@H]3c2ccc(C(C)C)cc2)cc1[N+](=O)[O-]. The number of nitrogens with zero attached hydrogens (tertiary/aromatic N) is 4. The summed E-state index contributed by atoms with van der Waals surface area (Å²) < 4.78 is 10.8. The molecule has 0 N–H and O–H groups in total. The van der Waals surface area contributed by atoms with E-state index in [1.54, 1.807) is 26.1 Å². The zero-order valence-corrected chi connectivity index (χ0v) is 20.9. The fourth-order valence-corrected chi connectivity index (χ4v) is 5.14. The highest BCUT2D eigenvalue weighted by molar-refractivity contribution is 5.97. The van der Waals surface area contributed by atoms with E-state index >= 15 is 0 Å². The summed E-state index contributed by atoms with van der Waals surface area (Å²) in [5.74, 6) is 0.379. The molecule has 36 heavy (non-hydrogen) atoms. The number of aromatic nitrogens is 3. The summed E-state index contributed by atoms with van der Waals surface area (Å²) in [5.41, 5.74) is 4.03. The van der Waals surface area contributed by atoms with Gasteiger partial charge in [0.15, 0.2) is 0 Å². The van der Waals surface area contributed by atoms with Crippen LogP contribution in [-0.4, -0.2) is 25.2 Å². The number of nitro benzene ring substituents is 1. The van der Waals surface area contributed by atoms with Crippen LogP contribution < -0.4 is 11.2 Å². The highest BCUT2D eigenvalue weighted by atomic mass is 16.6. The van der Waals surface area contributed by atoms with Gasteiger partial charge in [-0.1, -0.05) is 50.2 Å². The van der Waals surface area contributed by atoms with E-state index < -0.39 is 22.3 Å². The number of ether oxygens (including phenoxy) is 1. The molecular formula is C27H28N4O5. The fourth-order valence-electron chi connectivity index (χ4n) is 5.14. The van der Waals surface area contributed by atoms with Gasteiger partial charge >= 0.3 is 5.69 Å². The lowest BCUT2D eigenvalue weighted by atomic mass is 9.98. The van der Waals surface area contributed by atoms with Crippen molar-refractivity contribution in [1.29, 1.82) is 0 Å². The quantitative estimate of drug-likeness (QED) is 0.317. The molecule has 1 aliphatic heterocycles. The van der Waals surface area contributed by atoms with Crippen LogP contribution in [0.25, 0.3) is 22.2 Å². The van der Waals surface area contributed by atoms with Gasteiger partial charge in [-0.15, -0.1) is 0 Å². The Morgan fingerprint density at radius 1 is 1.06 bits per heavy atom. The molecule has 9 heteroatoms. The molecule has 5 rings (SSSR count). The largest absolute Gasteiger partial charge is 0.365 e. The molecular weight excluding hydrogens is 460 g/mol. The Labute approximate surface area is 207 Å². The number of nitro groups is 1. The second-order valence-electron chi connectivity index (χ2n) is 9.65. The Morgan fingerprint density at radius 3 is 2.39 bits per heavy atom. The van der Waals surface area contributed by atoms with Crippen molar-refractivity contribution in [3.8, 4) is 11.3 Å². The molecule has 0 amide bonds. The van der Waals surface area contributed by atoms with Crippen molar-refractivity contribution in [1.82, 2.24) is 13.7 Å². The first-order valence-corrected chi connectivity index (χ1v) is 11.9. The monoisotopic (exact) mass is 488 g/mol. The second kappa shape index (κ2) is 8.60. The van der Waals surface area contributed by atoms with Crippen LogP contribution in [0, 0.1) is 17.0 Å². The Kier molecular flexibility index (Phi) is 5.67. The number of rotatable bonds is 4. The van der Waals surface area contributed by atoms with Crippen LogP contribution in [0.1, 0.15) is 48.3 Å². The first-order valence-electron chi connectivity index (χ1n) is 11.9. The molecule has 2 aromatic carbocycles. The predicted molar refractivity (Wildman–Crippen MR) is 138 cm³/mol. The standard InChI is InChI=1S/C27H28N4O5/c1-15(2)17-8-10-18(11-9-17)25-24-23-21(26(32)29(5)27(33)28(23)4)22(30(24)12-13-36-25)19-7-6-16(3)20(14-19)31(34)35/h6-11,14-15,25H,12-13H2,1-5H3/t25-/m1/s1. The van der Waals surface area contributed by atoms with E-state index in [1.807, 2.05) is 16.7 Å². The van der Waals surface area contributed by atoms with Gasteiger partial charge in [-0.25, -0.2) is 4.79 Å². The van der Waals surface area contributed by atoms with Gasteiger partial charge in [-0.2, -0.15) is 0 Å². The topological polar surface area (TPSA) is 101 Å². The number of fused-ring (bicyclic) bond motifs is 3. The van der Waals surface area contributed by atoms with E-state index in [4.69, 9.17) is 4.74 Å². The van der Waals surface area contributed by atoms with E-state index in [2.05, 4.69) is 26.0 Å². The Bertz CT molecular complexity index is 1640. The van der Waals surface area contributed by atoms with Gasteiger partial charge in [-0.05, 0) is 24.0 Å². The average Bonchev–Trinajstić information content (AvgIpc) is 3.22. The lowest BCUT2D eigenvalue weighted by Crippen LogP contribution is -2.37. The molecule has 0 radical (unpaired) electrons. The van der Waals surface area contributed by atoms with Gasteiger partial charge in [0.1, 0.15) is 6.10 Å². The summed E-state index contributed by atoms with van der Waals surface area (Å²) in [6, 6.07) is 13.1. The lowest BCUT2D eigenvalue weighted by Gasteiger charge is -2.28. The van der Waals surface area contributed by atoms with Crippen molar-refractivity contribution in [3.63, 3.8) is 0 Å². The molecule has 0 spiro atoms. The van der Waals surface area contributed by atoms with Crippen LogP contribution in [-0.2, 0) is 25.4 Å². The molecule has 0 aliphatic carbocycles. The summed E-state index contributed by atoms with van der Waals surface area (Å²) in [6.07, 6.45) is -0.505. The van der Waals surface area contributed by atoms with Crippen molar-refractivity contribution < 1.29 is 9.66 Å².